The van der Waals surface area contributed by atoms with E-state index in [9.17, 15) is 13.2 Å². The molecule has 0 heterocycles. The van der Waals surface area contributed by atoms with Crippen LogP contribution in [0.25, 0.3) is 0 Å². The van der Waals surface area contributed by atoms with E-state index in [1.165, 1.54) is 0 Å². The largest absolute Gasteiger partial charge is 0.353 e. The van der Waals surface area contributed by atoms with Crippen molar-refractivity contribution in [1.82, 2.24) is 10.0 Å². The number of nitrogens with one attached hydrogen (secondary N) is 2. The second-order valence-corrected chi connectivity index (χ2v) is 7.19. The van der Waals surface area contributed by atoms with Gasteiger partial charge in [-0.05, 0) is 37.0 Å². The van der Waals surface area contributed by atoms with Gasteiger partial charge in [-0.3, -0.25) is 4.79 Å². The topological polar surface area (TPSA) is 75.3 Å². The molecule has 118 valence electrons. The molecule has 1 amide bonds. The van der Waals surface area contributed by atoms with Crippen LogP contribution in [-0.4, -0.2) is 26.9 Å². The van der Waals surface area contributed by atoms with E-state index >= 15 is 0 Å². The van der Waals surface area contributed by atoms with Crippen molar-refractivity contribution in [3.05, 3.63) is 29.8 Å². The number of carbonyl (C=O) groups is 1. The SMILES string of the molecule is CCC(C)NC(=O)CNS(=O)(=O)c1ccc(C(C)C)cc1. The van der Waals surface area contributed by atoms with Crippen LogP contribution >= 0.6 is 0 Å². The summed E-state index contributed by atoms with van der Waals surface area (Å²) in [7, 11) is -3.65. The van der Waals surface area contributed by atoms with E-state index in [4.69, 9.17) is 0 Å². The fourth-order valence-corrected chi connectivity index (χ4v) is 2.69. The van der Waals surface area contributed by atoms with Crippen molar-refractivity contribution in [3.8, 4) is 0 Å². The normalized spacial score (nSPS) is 13.2. The average molecular weight is 312 g/mol. The number of amides is 1. The number of hydrogen-bond donors (Lipinski definition) is 2. The Morgan fingerprint density at radius 1 is 1.14 bits per heavy atom. The molecule has 0 saturated heterocycles. The second-order valence-electron chi connectivity index (χ2n) is 5.43. The van der Waals surface area contributed by atoms with Gasteiger partial charge in [-0.1, -0.05) is 32.9 Å². The number of benzene rings is 1. The molecule has 0 fully saturated rings. The molecule has 1 rings (SSSR count). The van der Waals surface area contributed by atoms with Crippen molar-refractivity contribution in [3.63, 3.8) is 0 Å². The highest BCUT2D eigenvalue weighted by molar-refractivity contribution is 7.89. The fourth-order valence-electron chi connectivity index (χ4n) is 1.70. The van der Waals surface area contributed by atoms with Crippen molar-refractivity contribution >= 4 is 15.9 Å². The predicted octanol–water partition coefficient (Wildman–Crippen LogP) is 2.00. The highest BCUT2D eigenvalue weighted by atomic mass is 32.2. The predicted molar refractivity (Wildman–Crippen MR) is 83.6 cm³/mol. The van der Waals surface area contributed by atoms with Crippen molar-refractivity contribution < 1.29 is 13.2 Å². The van der Waals surface area contributed by atoms with Crippen LogP contribution in [0.2, 0.25) is 0 Å². The maximum atomic E-state index is 12.1. The van der Waals surface area contributed by atoms with Gasteiger partial charge in [0, 0.05) is 6.04 Å². The summed E-state index contributed by atoms with van der Waals surface area (Å²) in [6.07, 6.45) is 0.801. The van der Waals surface area contributed by atoms with E-state index in [1.807, 2.05) is 27.7 Å². The Morgan fingerprint density at radius 3 is 2.19 bits per heavy atom. The summed E-state index contributed by atoms with van der Waals surface area (Å²) in [4.78, 5) is 11.8. The maximum Gasteiger partial charge on any atom is 0.241 e. The van der Waals surface area contributed by atoms with Crippen LogP contribution in [0.15, 0.2) is 29.2 Å². The lowest BCUT2D eigenvalue weighted by Crippen LogP contribution is -2.40. The molecule has 0 aliphatic carbocycles. The molecule has 1 unspecified atom stereocenters. The standard InChI is InChI=1S/C15H24N2O3S/c1-5-12(4)17-15(18)10-16-21(19,20)14-8-6-13(7-9-14)11(2)3/h6-9,11-12,16H,5,10H2,1-4H3,(H,17,18). The lowest BCUT2D eigenvalue weighted by Gasteiger charge is -2.12. The van der Waals surface area contributed by atoms with Gasteiger partial charge in [-0.2, -0.15) is 0 Å². The summed E-state index contributed by atoms with van der Waals surface area (Å²) >= 11 is 0. The minimum absolute atomic E-state index is 0.0346. The summed E-state index contributed by atoms with van der Waals surface area (Å²) in [5, 5.41) is 2.71. The van der Waals surface area contributed by atoms with Crippen LogP contribution in [0.3, 0.4) is 0 Å². The first-order valence-electron chi connectivity index (χ1n) is 7.15. The van der Waals surface area contributed by atoms with Gasteiger partial charge in [0.1, 0.15) is 0 Å². The van der Waals surface area contributed by atoms with Crippen LogP contribution in [0, 0.1) is 0 Å². The van der Waals surface area contributed by atoms with E-state index < -0.39 is 10.0 Å². The molecule has 6 heteroatoms. The Bertz CT molecular complexity index is 565. The first kappa shape index (κ1) is 17.7. The molecule has 1 aromatic rings. The Kier molecular flexibility index (Phi) is 6.36. The molecule has 21 heavy (non-hydrogen) atoms. The highest BCUT2D eigenvalue weighted by Gasteiger charge is 2.16. The third-order valence-corrected chi connectivity index (χ3v) is 4.72. The minimum atomic E-state index is -3.65. The molecule has 1 aromatic carbocycles. The van der Waals surface area contributed by atoms with Crippen molar-refractivity contribution in [2.45, 2.75) is 51.0 Å². The minimum Gasteiger partial charge on any atom is -0.353 e. The van der Waals surface area contributed by atoms with Crippen LogP contribution in [0.1, 0.15) is 45.6 Å². The summed E-state index contributed by atoms with van der Waals surface area (Å²) < 4.78 is 26.5. The molecular formula is C15H24N2O3S. The quantitative estimate of drug-likeness (QED) is 0.808. The van der Waals surface area contributed by atoms with E-state index in [1.54, 1.807) is 24.3 Å². The summed E-state index contributed by atoms with van der Waals surface area (Å²) in [5.41, 5.74) is 1.07. The third-order valence-electron chi connectivity index (χ3n) is 3.30. The molecule has 0 aliphatic heterocycles. The van der Waals surface area contributed by atoms with Gasteiger partial charge in [-0.15, -0.1) is 0 Å². The molecule has 0 bridgehead atoms. The Labute approximate surface area is 127 Å². The molecule has 0 aromatic heterocycles. The van der Waals surface area contributed by atoms with Crippen LogP contribution < -0.4 is 10.0 Å². The zero-order valence-electron chi connectivity index (χ0n) is 13.0. The molecule has 2 N–H and O–H groups in total. The van der Waals surface area contributed by atoms with Crippen LogP contribution in [-0.2, 0) is 14.8 Å². The monoisotopic (exact) mass is 312 g/mol. The molecular weight excluding hydrogens is 288 g/mol. The van der Waals surface area contributed by atoms with E-state index in [0.717, 1.165) is 12.0 Å². The molecule has 0 aliphatic rings. The van der Waals surface area contributed by atoms with E-state index in [0.29, 0.717) is 5.92 Å². The van der Waals surface area contributed by atoms with Gasteiger partial charge in [0.25, 0.3) is 0 Å². The third kappa shape index (κ3) is 5.47. The van der Waals surface area contributed by atoms with Gasteiger partial charge in [0.2, 0.25) is 15.9 Å². The van der Waals surface area contributed by atoms with E-state index in [2.05, 4.69) is 10.0 Å². The summed E-state index contributed by atoms with van der Waals surface area (Å²) in [6.45, 7) is 7.66. The van der Waals surface area contributed by atoms with Gasteiger partial charge < -0.3 is 5.32 Å². The number of sulfonamides is 1. The lowest BCUT2D eigenvalue weighted by molar-refractivity contribution is -0.120. The molecule has 0 saturated carbocycles. The molecule has 0 radical (unpaired) electrons. The van der Waals surface area contributed by atoms with Gasteiger partial charge in [0.05, 0.1) is 11.4 Å². The Hall–Kier alpha value is -1.40. The average Bonchev–Trinajstić information content (AvgIpc) is 2.45. The lowest BCUT2D eigenvalue weighted by atomic mass is 10.0. The zero-order chi connectivity index (χ0) is 16.0. The first-order chi connectivity index (χ1) is 9.76. The number of hydrogen-bond acceptors (Lipinski definition) is 3. The van der Waals surface area contributed by atoms with Crippen LogP contribution in [0.5, 0.6) is 0 Å². The number of rotatable bonds is 7. The van der Waals surface area contributed by atoms with Gasteiger partial charge in [0.15, 0.2) is 0 Å². The number of carbonyl (C=O) groups excluding carboxylic acids is 1. The Morgan fingerprint density at radius 2 is 1.71 bits per heavy atom. The second kappa shape index (κ2) is 7.56. The molecule has 0 spiro atoms. The molecule has 1 atom stereocenters. The van der Waals surface area contributed by atoms with E-state index in [-0.39, 0.29) is 23.4 Å². The van der Waals surface area contributed by atoms with Crippen LogP contribution in [0.4, 0.5) is 0 Å². The van der Waals surface area contributed by atoms with Crippen molar-refractivity contribution in [1.29, 1.82) is 0 Å². The summed E-state index contributed by atoms with van der Waals surface area (Å²) in [6, 6.07) is 6.73. The highest BCUT2D eigenvalue weighted by Crippen LogP contribution is 2.17. The zero-order valence-corrected chi connectivity index (χ0v) is 13.8. The fraction of sp³-hybridized carbons (Fsp3) is 0.533. The van der Waals surface area contributed by atoms with Crippen molar-refractivity contribution in [2.24, 2.45) is 0 Å². The smallest absolute Gasteiger partial charge is 0.241 e. The Balaban J connectivity index is 2.67. The first-order valence-corrected chi connectivity index (χ1v) is 8.63. The van der Waals surface area contributed by atoms with Gasteiger partial charge in [-0.25, -0.2) is 13.1 Å². The van der Waals surface area contributed by atoms with Gasteiger partial charge >= 0.3 is 0 Å². The molecule has 5 nitrogen and oxygen atoms in total. The summed E-state index contributed by atoms with van der Waals surface area (Å²) in [5.74, 6) is 0.0164. The van der Waals surface area contributed by atoms with Crippen molar-refractivity contribution in [2.75, 3.05) is 6.54 Å². The maximum absolute atomic E-state index is 12.1.